The Hall–Kier alpha value is -2.84. The summed E-state index contributed by atoms with van der Waals surface area (Å²) in [6, 6.07) is 15.6. The van der Waals surface area contributed by atoms with Gasteiger partial charge in [-0.05, 0) is 49.7 Å². The lowest BCUT2D eigenvalue weighted by Gasteiger charge is -2.15. The average molecular weight is 324 g/mol. The smallest absolute Gasteiger partial charge is 0.251 e. The van der Waals surface area contributed by atoms with E-state index in [2.05, 4.69) is 5.32 Å². The van der Waals surface area contributed by atoms with Gasteiger partial charge < -0.3 is 15.2 Å². The van der Waals surface area contributed by atoms with Gasteiger partial charge in [-0.25, -0.2) is 0 Å². The van der Waals surface area contributed by atoms with Crippen molar-refractivity contribution in [3.63, 3.8) is 0 Å². The summed E-state index contributed by atoms with van der Waals surface area (Å²) in [4.78, 5) is 12.1. The summed E-state index contributed by atoms with van der Waals surface area (Å²) in [5.41, 5.74) is 1.47. The molecule has 0 aliphatic heterocycles. The predicted octanol–water partition coefficient (Wildman–Crippen LogP) is 2.81. The zero-order valence-corrected chi connectivity index (χ0v) is 13.7. The van der Waals surface area contributed by atoms with Crippen LogP contribution in [-0.2, 0) is 0 Å². The van der Waals surface area contributed by atoms with Gasteiger partial charge in [-0.3, -0.25) is 4.79 Å². The molecular weight excluding hydrogens is 304 g/mol. The number of carbonyl (C=O) groups is 1. The minimum atomic E-state index is -0.844. The van der Waals surface area contributed by atoms with E-state index in [0.717, 1.165) is 0 Å². The first-order chi connectivity index (χ1) is 11.5. The molecule has 1 atom stereocenters. The van der Waals surface area contributed by atoms with Crippen molar-refractivity contribution in [2.45, 2.75) is 26.1 Å². The second kappa shape index (κ2) is 8.14. The minimum absolute atomic E-state index is 0.0458. The molecule has 5 heteroatoms. The standard InChI is InChI=1S/C19H20N2O3/c1-13(2)24-17-8-4-6-15(10-17)18(22)12-21-19(23)16-7-3-5-14(9-16)11-20/h3-10,13,18,22H,12H2,1-2H3,(H,21,23). The third-order valence-corrected chi connectivity index (χ3v) is 3.32. The number of amides is 1. The number of aliphatic hydroxyl groups excluding tert-OH is 1. The third-order valence-electron chi connectivity index (χ3n) is 3.32. The van der Waals surface area contributed by atoms with Gasteiger partial charge >= 0.3 is 0 Å². The maximum Gasteiger partial charge on any atom is 0.251 e. The first kappa shape index (κ1) is 17.5. The van der Waals surface area contributed by atoms with Crippen molar-refractivity contribution in [3.05, 3.63) is 65.2 Å². The van der Waals surface area contributed by atoms with Crippen molar-refractivity contribution in [1.82, 2.24) is 5.32 Å². The molecule has 0 saturated heterocycles. The molecule has 5 nitrogen and oxygen atoms in total. The predicted molar refractivity (Wildman–Crippen MR) is 90.7 cm³/mol. The van der Waals surface area contributed by atoms with E-state index in [9.17, 15) is 9.90 Å². The van der Waals surface area contributed by atoms with E-state index in [-0.39, 0.29) is 18.6 Å². The number of ether oxygens (including phenoxy) is 1. The van der Waals surface area contributed by atoms with Crippen LogP contribution in [0.3, 0.4) is 0 Å². The molecule has 2 aromatic carbocycles. The SMILES string of the molecule is CC(C)Oc1cccc(C(O)CNC(=O)c2cccc(C#N)c2)c1. The van der Waals surface area contributed by atoms with Crippen LogP contribution < -0.4 is 10.1 Å². The van der Waals surface area contributed by atoms with Gasteiger partial charge in [0.15, 0.2) is 0 Å². The van der Waals surface area contributed by atoms with E-state index in [4.69, 9.17) is 10.00 Å². The molecule has 0 spiro atoms. The lowest BCUT2D eigenvalue weighted by Crippen LogP contribution is -2.28. The molecule has 0 radical (unpaired) electrons. The Balaban J connectivity index is 1.98. The minimum Gasteiger partial charge on any atom is -0.491 e. The van der Waals surface area contributed by atoms with Crippen LogP contribution in [0.15, 0.2) is 48.5 Å². The Morgan fingerprint density at radius 2 is 2.00 bits per heavy atom. The van der Waals surface area contributed by atoms with Crippen LogP contribution in [0, 0.1) is 11.3 Å². The van der Waals surface area contributed by atoms with Crippen molar-refractivity contribution in [1.29, 1.82) is 5.26 Å². The molecule has 0 aliphatic carbocycles. The molecule has 0 heterocycles. The van der Waals surface area contributed by atoms with E-state index in [1.165, 1.54) is 6.07 Å². The van der Waals surface area contributed by atoms with E-state index in [1.54, 1.807) is 36.4 Å². The molecule has 2 rings (SSSR count). The number of nitrogens with zero attached hydrogens (tertiary/aromatic N) is 1. The Labute approximate surface area is 141 Å². The van der Waals surface area contributed by atoms with Crippen LogP contribution in [0.1, 0.15) is 41.4 Å². The summed E-state index contributed by atoms with van der Waals surface area (Å²) in [6.45, 7) is 3.93. The summed E-state index contributed by atoms with van der Waals surface area (Å²) in [5.74, 6) is 0.343. The zero-order chi connectivity index (χ0) is 17.5. The van der Waals surface area contributed by atoms with Crippen LogP contribution >= 0.6 is 0 Å². The van der Waals surface area contributed by atoms with Crippen molar-refractivity contribution >= 4 is 5.91 Å². The fourth-order valence-electron chi connectivity index (χ4n) is 2.21. The third kappa shape index (κ3) is 4.83. The second-order valence-corrected chi connectivity index (χ2v) is 5.66. The van der Waals surface area contributed by atoms with Crippen molar-refractivity contribution < 1.29 is 14.6 Å². The Morgan fingerprint density at radius 1 is 1.25 bits per heavy atom. The fraction of sp³-hybridized carbons (Fsp3) is 0.263. The molecule has 0 saturated carbocycles. The van der Waals surface area contributed by atoms with Crippen molar-refractivity contribution in [3.8, 4) is 11.8 Å². The van der Waals surface area contributed by atoms with E-state index in [1.807, 2.05) is 26.0 Å². The maximum atomic E-state index is 12.1. The first-order valence-electron chi connectivity index (χ1n) is 7.72. The maximum absolute atomic E-state index is 12.1. The molecule has 0 aromatic heterocycles. The van der Waals surface area contributed by atoms with Gasteiger partial charge in [-0.1, -0.05) is 18.2 Å². The number of hydrogen-bond acceptors (Lipinski definition) is 4. The number of rotatable bonds is 6. The highest BCUT2D eigenvalue weighted by Crippen LogP contribution is 2.20. The summed E-state index contributed by atoms with van der Waals surface area (Å²) in [7, 11) is 0. The second-order valence-electron chi connectivity index (χ2n) is 5.66. The van der Waals surface area contributed by atoms with Gasteiger partial charge in [0.1, 0.15) is 5.75 Å². The van der Waals surface area contributed by atoms with Gasteiger partial charge in [-0.2, -0.15) is 5.26 Å². The molecular formula is C19H20N2O3. The van der Waals surface area contributed by atoms with Gasteiger partial charge in [0.2, 0.25) is 0 Å². The number of benzene rings is 2. The highest BCUT2D eigenvalue weighted by Gasteiger charge is 2.12. The number of nitrogens with one attached hydrogen (secondary N) is 1. The highest BCUT2D eigenvalue weighted by molar-refractivity contribution is 5.94. The molecule has 2 aromatic rings. The average Bonchev–Trinajstić information content (AvgIpc) is 2.59. The number of hydrogen-bond donors (Lipinski definition) is 2. The van der Waals surface area contributed by atoms with E-state index >= 15 is 0 Å². The van der Waals surface area contributed by atoms with Gasteiger partial charge in [0, 0.05) is 12.1 Å². The molecule has 0 aliphatic rings. The molecule has 1 amide bonds. The monoisotopic (exact) mass is 324 g/mol. The largest absolute Gasteiger partial charge is 0.491 e. The highest BCUT2D eigenvalue weighted by atomic mass is 16.5. The molecule has 24 heavy (non-hydrogen) atoms. The van der Waals surface area contributed by atoms with Gasteiger partial charge in [-0.15, -0.1) is 0 Å². The topological polar surface area (TPSA) is 82.3 Å². The normalized spacial score (nSPS) is 11.6. The molecule has 124 valence electrons. The zero-order valence-electron chi connectivity index (χ0n) is 13.7. The summed E-state index contributed by atoms with van der Waals surface area (Å²) in [5, 5.41) is 21.8. The Bertz CT molecular complexity index is 750. The van der Waals surface area contributed by atoms with E-state index in [0.29, 0.717) is 22.4 Å². The van der Waals surface area contributed by atoms with Crippen LogP contribution in [0.5, 0.6) is 5.75 Å². The summed E-state index contributed by atoms with van der Waals surface area (Å²) < 4.78 is 5.60. The Kier molecular flexibility index (Phi) is 5.94. The van der Waals surface area contributed by atoms with Gasteiger partial charge in [0.05, 0.1) is 23.8 Å². The molecule has 0 bridgehead atoms. The van der Waals surface area contributed by atoms with Crippen LogP contribution in [0.25, 0.3) is 0 Å². The first-order valence-corrected chi connectivity index (χ1v) is 7.72. The molecule has 2 N–H and O–H groups in total. The van der Waals surface area contributed by atoms with Crippen molar-refractivity contribution in [2.75, 3.05) is 6.54 Å². The fourth-order valence-corrected chi connectivity index (χ4v) is 2.21. The lowest BCUT2D eigenvalue weighted by molar-refractivity contribution is 0.0916. The quantitative estimate of drug-likeness (QED) is 0.856. The lowest BCUT2D eigenvalue weighted by atomic mass is 10.1. The molecule has 0 fully saturated rings. The summed E-state index contributed by atoms with van der Waals surface area (Å²) >= 11 is 0. The van der Waals surface area contributed by atoms with Crippen LogP contribution in [0.2, 0.25) is 0 Å². The van der Waals surface area contributed by atoms with Gasteiger partial charge in [0.25, 0.3) is 5.91 Å². The van der Waals surface area contributed by atoms with Crippen LogP contribution in [0.4, 0.5) is 0 Å². The number of nitriles is 1. The van der Waals surface area contributed by atoms with E-state index < -0.39 is 6.10 Å². The number of carbonyl (C=O) groups excluding carboxylic acids is 1. The Morgan fingerprint density at radius 3 is 2.71 bits per heavy atom. The van der Waals surface area contributed by atoms with Crippen molar-refractivity contribution in [2.24, 2.45) is 0 Å². The molecule has 1 unspecified atom stereocenters. The van der Waals surface area contributed by atoms with Crippen LogP contribution in [-0.4, -0.2) is 23.7 Å². The number of aliphatic hydroxyl groups is 1. The summed E-state index contributed by atoms with van der Waals surface area (Å²) in [6.07, 6.45) is -0.798.